The van der Waals surface area contributed by atoms with Crippen molar-refractivity contribution in [3.8, 4) is 0 Å². The van der Waals surface area contributed by atoms with Crippen LogP contribution in [0.3, 0.4) is 0 Å². The highest BCUT2D eigenvalue weighted by Crippen LogP contribution is 2.35. The van der Waals surface area contributed by atoms with Crippen molar-refractivity contribution in [3.05, 3.63) is 64.9 Å². The SMILES string of the molecule is CC1=CC(OCCCP(=O)(O)O)CC=C1CCc1cnc2c(N)nc3cc(CCC(=O)O)ccc3c2c1. The van der Waals surface area contributed by atoms with Gasteiger partial charge < -0.3 is 25.4 Å². The standard InChI is InChI=1S/C27H32N3O6P/c1-17-13-21(36-11-2-12-37(33,34)35)8-7-20(17)6-3-19-14-23-22-9-4-18(5-10-25(31)32)15-24(22)30-27(28)26(23)29-16-19/h4,7,9,13-16,21H,2-3,5-6,8,10-12H2,1H3,(H2,28,30)(H,31,32)(H2,33,34,35). The Morgan fingerprint density at radius 1 is 1.16 bits per heavy atom. The fraction of sp³-hybridized carbons (Fsp3) is 0.370. The third-order valence-electron chi connectivity index (χ3n) is 6.56. The lowest BCUT2D eigenvalue weighted by atomic mass is 9.92. The lowest BCUT2D eigenvalue weighted by Crippen LogP contribution is -2.15. The average Bonchev–Trinajstić information content (AvgIpc) is 2.84. The number of ether oxygens (including phenoxy) is 1. The van der Waals surface area contributed by atoms with Crippen LogP contribution in [0.1, 0.15) is 43.7 Å². The van der Waals surface area contributed by atoms with Crippen LogP contribution in [-0.2, 0) is 26.9 Å². The van der Waals surface area contributed by atoms with Gasteiger partial charge in [-0.3, -0.25) is 14.3 Å². The number of aliphatic carboxylic acids is 1. The number of pyridine rings is 2. The quantitative estimate of drug-likeness (QED) is 0.160. The number of rotatable bonds is 11. The van der Waals surface area contributed by atoms with Gasteiger partial charge in [-0.1, -0.05) is 24.3 Å². The third-order valence-corrected chi connectivity index (χ3v) is 7.45. The first kappa shape index (κ1) is 26.9. The van der Waals surface area contributed by atoms with Crippen LogP contribution in [0.4, 0.5) is 5.82 Å². The molecular formula is C27H32N3O6P. The molecule has 37 heavy (non-hydrogen) atoms. The Balaban J connectivity index is 1.43. The number of aryl methyl sites for hydroxylation is 2. The van der Waals surface area contributed by atoms with Crippen molar-refractivity contribution in [3.63, 3.8) is 0 Å². The number of carboxylic acid groups (broad SMARTS) is 1. The molecule has 3 aromatic rings. The first-order valence-electron chi connectivity index (χ1n) is 12.3. The highest BCUT2D eigenvalue weighted by Gasteiger charge is 2.16. The first-order chi connectivity index (χ1) is 17.6. The maximum atomic E-state index is 11.0. The topological polar surface area (TPSA) is 156 Å². The van der Waals surface area contributed by atoms with Crippen molar-refractivity contribution in [2.24, 2.45) is 0 Å². The van der Waals surface area contributed by atoms with E-state index >= 15 is 0 Å². The van der Waals surface area contributed by atoms with Crippen LogP contribution >= 0.6 is 7.60 Å². The summed E-state index contributed by atoms with van der Waals surface area (Å²) in [6.07, 6.45) is 9.05. The van der Waals surface area contributed by atoms with E-state index in [0.717, 1.165) is 52.3 Å². The Bertz CT molecular complexity index is 1430. The fourth-order valence-corrected chi connectivity index (χ4v) is 5.16. The second-order valence-electron chi connectivity index (χ2n) is 9.45. The number of allylic oxidation sites excluding steroid dienone is 2. The number of nitrogens with two attached hydrogens (primary N) is 1. The Morgan fingerprint density at radius 3 is 2.70 bits per heavy atom. The number of anilines is 1. The molecule has 0 aliphatic heterocycles. The smallest absolute Gasteiger partial charge is 0.325 e. The van der Waals surface area contributed by atoms with E-state index in [0.29, 0.717) is 30.8 Å². The minimum absolute atomic E-state index is 0.0630. The summed E-state index contributed by atoms with van der Waals surface area (Å²) in [5.74, 6) is -0.482. The Kier molecular flexibility index (Phi) is 8.39. The number of benzene rings is 1. The van der Waals surface area contributed by atoms with Crippen LogP contribution in [0.15, 0.2) is 53.8 Å². The minimum Gasteiger partial charge on any atom is -0.481 e. The molecule has 0 saturated heterocycles. The third kappa shape index (κ3) is 7.23. The molecule has 0 radical (unpaired) electrons. The number of aromatic nitrogens is 2. The van der Waals surface area contributed by atoms with Crippen LogP contribution in [0.5, 0.6) is 0 Å². The molecule has 1 aliphatic rings. The average molecular weight is 526 g/mol. The maximum absolute atomic E-state index is 11.0. The zero-order valence-corrected chi connectivity index (χ0v) is 21.7. The van der Waals surface area contributed by atoms with Crippen molar-refractivity contribution < 1.29 is 29.0 Å². The monoisotopic (exact) mass is 525 g/mol. The molecule has 0 spiro atoms. The molecular weight excluding hydrogens is 493 g/mol. The Labute approximate surface area is 215 Å². The summed E-state index contributed by atoms with van der Waals surface area (Å²) in [4.78, 5) is 37.9. The number of hydrogen-bond donors (Lipinski definition) is 4. The largest absolute Gasteiger partial charge is 0.481 e. The summed E-state index contributed by atoms with van der Waals surface area (Å²) < 4.78 is 16.7. The second-order valence-corrected chi connectivity index (χ2v) is 11.2. The summed E-state index contributed by atoms with van der Waals surface area (Å²) in [5.41, 5.74) is 12.0. The van der Waals surface area contributed by atoms with E-state index in [9.17, 15) is 9.36 Å². The molecule has 1 aromatic carbocycles. The minimum atomic E-state index is -3.98. The summed E-state index contributed by atoms with van der Waals surface area (Å²) >= 11 is 0. The summed E-state index contributed by atoms with van der Waals surface area (Å²) in [5, 5.41) is 10.8. The number of fused-ring (bicyclic) bond motifs is 3. The summed E-state index contributed by atoms with van der Waals surface area (Å²) in [6.45, 7) is 2.37. The van der Waals surface area contributed by atoms with E-state index in [1.54, 1.807) is 0 Å². The molecule has 1 unspecified atom stereocenters. The van der Waals surface area contributed by atoms with Crippen molar-refractivity contribution in [1.82, 2.24) is 9.97 Å². The summed E-state index contributed by atoms with van der Waals surface area (Å²) in [7, 11) is -3.98. The number of carbonyl (C=O) groups is 1. The van der Waals surface area contributed by atoms with Gasteiger partial charge in [0.25, 0.3) is 0 Å². The van der Waals surface area contributed by atoms with Crippen LogP contribution in [0, 0.1) is 0 Å². The van der Waals surface area contributed by atoms with Gasteiger partial charge in [-0.2, -0.15) is 0 Å². The van der Waals surface area contributed by atoms with E-state index in [2.05, 4.69) is 35.1 Å². The number of hydrogen-bond acceptors (Lipinski definition) is 6. The van der Waals surface area contributed by atoms with E-state index in [4.69, 9.17) is 25.4 Å². The molecule has 0 saturated carbocycles. The van der Waals surface area contributed by atoms with Gasteiger partial charge in [0.15, 0.2) is 5.82 Å². The Morgan fingerprint density at radius 2 is 1.97 bits per heavy atom. The van der Waals surface area contributed by atoms with Crippen LogP contribution in [0.2, 0.25) is 0 Å². The lowest BCUT2D eigenvalue weighted by Gasteiger charge is -2.21. The maximum Gasteiger partial charge on any atom is 0.325 e. The van der Waals surface area contributed by atoms with Crippen molar-refractivity contribution >= 4 is 41.2 Å². The molecule has 10 heteroatoms. The molecule has 2 heterocycles. The lowest BCUT2D eigenvalue weighted by molar-refractivity contribution is -0.136. The van der Waals surface area contributed by atoms with Crippen molar-refractivity contribution in [2.75, 3.05) is 18.5 Å². The van der Waals surface area contributed by atoms with E-state index < -0.39 is 13.6 Å². The normalized spacial score (nSPS) is 16.1. The van der Waals surface area contributed by atoms with Crippen LogP contribution < -0.4 is 5.73 Å². The van der Waals surface area contributed by atoms with Gasteiger partial charge in [0.2, 0.25) is 0 Å². The molecule has 5 N–H and O–H groups in total. The zero-order chi connectivity index (χ0) is 26.6. The fourth-order valence-electron chi connectivity index (χ4n) is 4.61. The Hall–Kier alpha value is -3.10. The highest BCUT2D eigenvalue weighted by molar-refractivity contribution is 7.51. The number of carboxylic acids is 1. The molecule has 9 nitrogen and oxygen atoms in total. The van der Waals surface area contributed by atoms with Gasteiger partial charge in [-0.05, 0) is 73.4 Å². The molecule has 4 rings (SSSR count). The van der Waals surface area contributed by atoms with Crippen LogP contribution in [0.25, 0.3) is 21.8 Å². The van der Waals surface area contributed by atoms with Gasteiger partial charge in [0, 0.05) is 30.0 Å². The van der Waals surface area contributed by atoms with Gasteiger partial charge in [0.05, 0.1) is 17.8 Å². The summed E-state index contributed by atoms with van der Waals surface area (Å²) in [6, 6.07) is 7.89. The first-order valence-corrected chi connectivity index (χ1v) is 14.1. The predicted molar refractivity (Wildman–Crippen MR) is 143 cm³/mol. The number of nitrogens with zero attached hydrogens (tertiary/aromatic N) is 2. The molecule has 196 valence electrons. The van der Waals surface area contributed by atoms with E-state index in [1.807, 2.05) is 24.4 Å². The van der Waals surface area contributed by atoms with Crippen molar-refractivity contribution in [1.29, 1.82) is 0 Å². The predicted octanol–water partition coefficient (Wildman–Crippen LogP) is 4.54. The van der Waals surface area contributed by atoms with Gasteiger partial charge in [-0.25, -0.2) is 4.98 Å². The van der Waals surface area contributed by atoms with Crippen LogP contribution in [-0.4, -0.2) is 49.7 Å². The highest BCUT2D eigenvalue weighted by atomic mass is 31.2. The molecule has 2 aromatic heterocycles. The molecule has 0 bridgehead atoms. The van der Waals surface area contributed by atoms with Gasteiger partial charge in [-0.15, -0.1) is 0 Å². The molecule has 0 amide bonds. The second kappa shape index (κ2) is 11.5. The zero-order valence-electron chi connectivity index (χ0n) is 20.8. The van der Waals surface area contributed by atoms with Crippen molar-refractivity contribution in [2.45, 2.75) is 51.6 Å². The molecule has 1 aliphatic carbocycles. The van der Waals surface area contributed by atoms with E-state index in [1.165, 1.54) is 5.57 Å². The molecule has 0 fully saturated rings. The van der Waals surface area contributed by atoms with E-state index in [-0.39, 0.29) is 18.7 Å². The van der Waals surface area contributed by atoms with Gasteiger partial charge in [0.1, 0.15) is 5.52 Å². The van der Waals surface area contributed by atoms with Gasteiger partial charge >= 0.3 is 13.6 Å². The number of nitrogen functional groups attached to an aromatic ring is 1. The molecule has 1 atom stereocenters.